The average molecular weight is 308 g/mol. The highest BCUT2D eigenvalue weighted by Crippen LogP contribution is 2.33. The predicted molar refractivity (Wildman–Crippen MR) is 63.8 cm³/mol. The van der Waals surface area contributed by atoms with Crippen molar-refractivity contribution in [1.29, 1.82) is 0 Å². The van der Waals surface area contributed by atoms with Crippen LogP contribution in [-0.2, 0) is 4.74 Å². The molecule has 0 radical (unpaired) electrons. The predicted octanol–water partition coefficient (Wildman–Crippen LogP) is 3.67. The first-order valence-electron chi connectivity index (χ1n) is 4.83. The largest absolute Gasteiger partial charge is 0.465 e. The molecular formula is C11H5ClF3NO2S. The number of thiazole rings is 1. The van der Waals surface area contributed by atoms with Crippen LogP contribution in [0.4, 0.5) is 13.2 Å². The van der Waals surface area contributed by atoms with Crippen LogP contribution >= 0.6 is 22.9 Å². The summed E-state index contributed by atoms with van der Waals surface area (Å²) >= 11 is 6.43. The Morgan fingerprint density at radius 2 is 1.89 bits per heavy atom. The van der Waals surface area contributed by atoms with Crippen molar-refractivity contribution in [2.75, 3.05) is 7.11 Å². The van der Waals surface area contributed by atoms with E-state index in [4.69, 9.17) is 11.6 Å². The van der Waals surface area contributed by atoms with Gasteiger partial charge in [0, 0.05) is 11.6 Å². The first kappa shape index (κ1) is 13.8. The molecule has 2 rings (SSSR count). The first-order valence-corrected chi connectivity index (χ1v) is 6.03. The molecule has 100 valence electrons. The number of methoxy groups -OCH3 is 1. The lowest BCUT2D eigenvalue weighted by Gasteiger charge is -2.00. The monoisotopic (exact) mass is 307 g/mol. The van der Waals surface area contributed by atoms with Crippen LogP contribution in [0.15, 0.2) is 12.1 Å². The number of esters is 1. The van der Waals surface area contributed by atoms with Crippen LogP contribution in [0.3, 0.4) is 0 Å². The molecule has 1 aromatic heterocycles. The Kier molecular flexibility index (Phi) is 3.77. The van der Waals surface area contributed by atoms with Crippen molar-refractivity contribution in [3.05, 3.63) is 39.6 Å². The molecule has 0 N–H and O–H groups in total. The fraction of sp³-hybridized carbons (Fsp3) is 0.0909. The van der Waals surface area contributed by atoms with E-state index in [0.29, 0.717) is 12.1 Å². The molecule has 2 aromatic rings. The van der Waals surface area contributed by atoms with E-state index in [1.165, 1.54) is 0 Å². The van der Waals surface area contributed by atoms with Gasteiger partial charge in [-0.2, -0.15) is 0 Å². The SMILES string of the molecule is COC(=O)c1sc(-c2cc(F)c(F)cc2F)nc1Cl. The third-order valence-corrected chi connectivity index (χ3v) is 3.65. The van der Waals surface area contributed by atoms with Crippen molar-refractivity contribution in [1.82, 2.24) is 4.98 Å². The summed E-state index contributed by atoms with van der Waals surface area (Å²) in [6.45, 7) is 0. The number of hydrogen-bond acceptors (Lipinski definition) is 4. The molecule has 0 bridgehead atoms. The molecule has 0 saturated carbocycles. The highest BCUT2D eigenvalue weighted by molar-refractivity contribution is 7.17. The Labute approximate surface area is 114 Å². The maximum Gasteiger partial charge on any atom is 0.351 e. The molecule has 0 aliphatic carbocycles. The van der Waals surface area contributed by atoms with Crippen LogP contribution in [0.5, 0.6) is 0 Å². The lowest BCUT2D eigenvalue weighted by Crippen LogP contribution is -1.98. The Morgan fingerprint density at radius 3 is 2.53 bits per heavy atom. The molecule has 19 heavy (non-hydrogen) atoms. The second kappa shape index (κ2) is 5.18. The van der Waals surface area contributed by atoms with Crippen molar-refractivity contribution in [2.45, 2.75) is 0 Å². The quantitative estimate of drug-likeness (QED) is 0.628. The van der Waals surface area contributed by atoms with Gasteiger partial charge in [-0.05, 0) is 6.07 Å². The molecule has 8 heteroatoms. The molecule has 0 atom stereocenters. The smallest absolute Gasteiger partial charge is 0.351 e. The number of benzene rings is 1. The number of aromatic nitrogens is 1. The number of carbonyl (C=O) groups excluding carboxylic acids is 1. The van der Waals surface area contributed by atoms with Gasteiger partial charge in [-0.1, -0.05) is 11.6 Å². The van der Waals surface area contributed by atoms with Crippen molar-refractivity contribution >= 4 is 28.9 Å². The van der Waals surface area contributed by atoms with Crippen LogP contribution in [-0.4, -0.2) is 18.1 Å². The molecule has 3 nitrogen and oxygen atoms in total. The lowest BCUT2D eigenvalue weighted by atomic mass is 10.2. The topological polar surface area (TPSA) is 39.2 Å². The highest BCUT2D eigenvalue weighted by Gasteiger charge is 2.21. The molecule has 0 fully saturated rings. The summed E-state index contributed by atoms with van der Waals surface area (Å²) in [5.41, 5.74) is -0.277. The molecule has 0 saturated heterocycles. The van der Waals surface area contributed by atoms with E-state index in [1.807, 2.05) is 0 Å². The van der Waals surface area contributed by atoms with Gasteiger partial charge in [-0.3, -0.25) is 0 Å². The fourth-order valence-corrected chi connectivity index (χ4v) is 2.54. The van der Waals surface area contributed by atoms with E-state index in [2.05, 4.69) is 9.72 Å². The van der Waals surface area contributed by atoms with Gasteiger partial charge >= 0.3 is 5.97 Å². The zero-order valence-electron chi connectivity index (χ0n) is 9.34. The van der Waals surface area contributed by atoms with Crippen LogP contribution in [0.1, 0.15) is 9.67 Å². The van der Waals surface area contributed by atoms with Gasteiger partial charge in [0.1, 0.15) is 10.8 Å². The fourth-order valence-electron chi connectivity index (χ4n) is 1.32. The van der Waals surface area contributed by atoms with Crippen LogP contribution in [0, 0.1) is 17.5 Å². The average Bonchev–Trinajstić information content (AvgIpc) is 2.75. The summed E-state index contributed by atoms with van der Waals surface area (Å²) in [6, 6.07) is 1.05. The summed E-state index contributed by atoms with van der Waals surface area (Å²) in [7, 11) is 1.15. The van der Waals surface area contributed by atoms with E-state index in [1.54, 1.807) is 0 Å². The number of ether oxygens (including phenoxy) is 1. The molecule has 0 spiro atoms. The number of carbonyl (C=O) groups is 1. The molecule has 0 aliphatic heterocycles. The van der Waals surface area contributed by atoms with Crippen LogP contribution in [0.2, 0.25) is 5.15 Å². The zero-order chi connectivity index (χ0) is 14.2. The maximum atomic E-state index is 13.5. The summed E-state index contributed by atoms with van der Waals surface area (Å²) < 4.78 is 43.9. The number of nitrogens with zero attached hydrogens (tertiary/aromatic N) is 1. The maximum absolute atomic E-state index is 13.5. The molecule has 1 heterocycles. The lowest BCUT2D eigenvalue weighted by molar-refractivity contribution is 0.0606. The summed E-state index contributed by atoms with van der Waals surface area (Å²) in [5, 5.41) is -0.224. The highest BCUT2D eigenvalue weighted by atomic mass is 35.5. The minimum absolute atomic E-state index is 0.0386. The Bertz CT molecular complexity index is 660. The van der Waals surface area contributed by atoms with E-state index in [9.17, 15) is 18.0 Å². The Morgan fingerprint density at radius 1 is 1.26 bits per heavy atom. The molecule has 0 amide bonds. The van der Waals surface area contributed by atoms with Gasteiger partial charge in [-0.25, -0.2) is 22.9 Å². The third kappa shape index (κ3) is 2.57. The van der Waals surface area contributed by atoms with E-state index < -0.39 is 23.4 Å². The van der Waals surface area contributed by atoms with Gasteiger partial charge in [0.15, 0.2) is 21.7 Å². The molecule has 0 aliphatic rings. The van der Waals surface area contributed by atoms with E-state index in [0.717, 1.165) is 18.4 Å². The number of halogens is 4. The van der Waals surface area contributed by atoms with Gasteiger partial charge in [0.05, 0.1) is 7.11 Å². The second-order valence-corrected chi connectivity index (χ2v) is 4.73. The third-order valence-electron chi connectivity index (χ3n) is 2.20. The summed E-state index contributed by atoms with van der Waals surface area (Å²) in [6.07, 6.45) is 0. The van der Waals surface area contributed by atoms with E-state index >= 15 is 0 Å². The van der Waals surface area contributed by atoms with Gasteiger partial charge in [-0.15, -0.1) is 11.3 Å². The molecular weight excluding hydrogens is 303 g/mol. The normalized spacial score (nSPS) is 10.6. The minimum Gasteiger partial charge on any atom is -0.465 e. The van der Waals surface area contributed by atoms with Crippen molar-refractivity contribution in [3.63, 3.8) is 0 Å². The Balaban J connectivity index is 2.54. The Hall–Kier alpha value is -1.60. The number of rotatable bonds is 2. The number of hydrogen-bond donors (Lipinski definition) is 0. The van der Waals surface area contributed by atoms with Crippen LogP contribution < -0.4 is 0 Å². The van der Waals surface area contributed by atoms with Crippen molar-refractivity contribution < 1.29 is 22.7 Å². The first-order chi connectivity index (χ1) is 8.93. The molecule has 0 unspecified atom stereocenters. The van der Waals surface area contributed by atoms with E-state index in [-0.39, 0.29) is 20.6 Å². The van der Waals surface area contributed by atoms with Crippen molar-refractivity contribution in [3.8, 4) is 10.6 Å². The minimum atomic E-state index is -1.31. The van der Waals surface area contributed by atoms with Crippen LogP contribution in [0.25, 0.3) is 10.6 Å². The van der Waals surface area contributed by atoms with Gasteiger partial charge in [0.2, 0.25) is 0 Å². The van der Waals surface area contributed by atoms with Gasteiger partial charge in [0.25, 0.3) is 0 Å². The zero-order valence-corrected chi connectivity index (χ0v) is 10.9. The second-order valence-electron chi connectivity index (χ2n) is 3.38. The standard InChI is InChI=1S/C11H5ClF3NO2S/c1-18-11(17)8-9(12)16-10(19-8)4-2-6(14)7(15)3-5(4)13/h2-3H,1H3. The van der Waals surface area contributed by atoms with Crippen molar-refractivity contribution in [2.24, 2.45) is 0 Å². The van der Waals surface area contributed by atoms with Gasteiger partial charge < -0.3 is 4.74 Å². The summed E-state index contributed by atoms with van der Waals surface area (Å²) in [5.74, 6) is -4.27. The molecule has 1 aromatic carbocycles. The summed E-state index contributed by atoms with van der Waals surface area (Å²) in [4.78, 5) is 15.0.